The molecule has 0 unspecified atom stereocenters. The van der Waals surface area contributed by atoms with E-state index in [-0.39, 0.29) is 30.1 Å². The van der Waals surface area contributed by atoms with Crippen LogP contribution in [0.15, 0.2) is 24.3 Å². The molecule has 98 valence electrons. The third kappa shape index (κ3) is 3.28. The van der Waals surface area contributed by atoms with Crippen LogP contribution in [0.1, 0.15) is 16.2 Å². The van der Waals surface area contributed by atoms with Gasteiger partial charge in [0.05, 0.1) is 5.56 Å². The molecule has 0 saturated carbocycles. The third-order valence-corrected chi connectivity index (χ3v) is 2.15. The summed E-state index contributed by atoms with van der Waals surface area (Å²) >= 11 is 0. The van der Waals surface area contributed by atoms with Crippen LogP contribution in [0.3, 0.4) is 0 Å². The molecule has 0 radical (unpaired) electrons. The van der Waals surface area contributed by atoms with Crippen LogP contribution in [-0.2, 0) is 11.3 Å². The van der Waals surface area contributed by atoms with Crippen molar-refractivity contribution in [3.63, 3.8) is 0 Å². The number of hydrogen-bond acceptors (Lipinski definition) is 8. The number of anilines is 2. The topological polar surface area (TPSA) is 137 Å². The Bertz CT molecular complexity index is 580. The Balaban J connectivity index is 2.02. The number of rotatable bonds is 3. The number of phenols is 1. The van der Waals surface area contributed by atoms with Crippen molar-refractivity contribution in [2.45, 2.75) is 6.61 Å². The first kappa shape index (κ1) is 12.6. The first-order valence-electron chi connectivity index (χ1n) is 5.26. The Morgan fingerprint density at radius 3 is 2.26 bits per heavy atom. The quantitative estimate of drug-likeness (QED) is 0.661. The van der Waals surface area contributed by atoms with Crippen LogP contribution < -0.4 is 11.5 Å². The fraction of sp³-hybridized carbons (Fsp3) is 0.0909. The second-order valence-corrected chi connectivity index (χ2v) is 3.59. The maximum absolute atomic E-state index is 11.7. The van der Waals surface area contributed by atoms with E-state index in [4.69, 9.17) is 21.3 Å². The van der Waals surface area contributed by atoms with E-state index >= 15 is 0 Å². The molecule has 0 amide bonds. The molecular formula is C11H11N5O3. The van der Waals surface area contributed by atoms with Gasteiger partial charge in [0.15, 0.2) is 12.4 Å². The maximum atomic E-state index is 11.7. The Kier molecular flexibility index (Phi) is 3.42. The predicted octanol–water partition coefficient (Wildman–Crippen LogP) is 0.0986. The number of carbonyl (C=O) groups excluding carboxylic acids is 1. The Labute approximate surface area is 108 Å². The van der Waals surface area contributed by atoms with Crippen molar-refractivity contribution in [1.29, 1.82) is 0 Å². The summed E-state index contributed by atoms with van der Waals surface area (Å²) in [5.41, 5.74) is 11.1. The maximum Gasteiger partial charge on any atom is 0.338 e. The van der Waals surface area contributed by atoms with Gasteiger partial charge in [-0.05, 0) is 24.3 Å². The van der Waals surface area contributed by atoms with Crippen molar-refractivity contribution in [2.24, 2.45) is 0 Å². The largest absolute Gasteiger partial charge is 0.508 e. The van der Waals surface area contributed by atoms with E-state index in [0.717, 1.165) is 0 Å². The van der Waals surface area contributed by atoms with Crippen molar-refractivity contribution in [2.75, 3.05) is 11.5 Å². The van der Waals surface area contributed by atoms with Gasteiger partial charge in [-0.15, -0.1) is 0 Å². The number of nitrogen functional groups attached to an aromatic ring is 2. The molecule has 0 spiro atoms. The molecule has 19 heavy (non-hydrogen) atoms. The SMILES string of the molecule is Nc1nc(N)nc(COC(=O)c2ccc(O)cc2)n1. The highest BCUT2D eigenvalue weighted by molar-refractivity contribution is 5.89. The van der Waals surface area contributed by atoms with Crippen LogP contribution in [-0.4, -0.2) is 26.0 Å². The molecule has 1 aromatic carbocycles. The second kappa shape index (κ2) is 5.17. The van der Waals surface area contributed by atoms with Gasteiger partial charge in [-0.25, -0.2) is 4.79 Å². The lowest BCUT2D eigenvalue weighted by molar-refractivity contribution is 0.0462. The van der Waals surface area contributed by atoms with Crippen LogP contribution in [0.4, 0.5) is 11.9 Å². The van der Waals surface area contributed by atoms with Gasteiger partial charge in [-0.3, -0.25) is 0 Å². The molecule has 2 aromatic rings. The van der Waals surface area contributed by atoms with E-state index in [0.29, 0.717) is 5.56 Å². The van der Waals surface area contributed by atoms with E-state index < -0.39 is 5.97 Å². The summed E-state index contributed by atoms with van der Waals surface area (Å²) in [6, 6.07) is 5.65. The number of nitrogens with two attached hydrogens (primary N) is 2. The minimum absolute atomic E-state index is 0.0387. The minimum atomic E-state index is -0.572. The summed E-state index contributed by atoms with van der Waals surface area (Å²) in [5.74, 6) is -0.421. The molecule has 8 heteroatoms. The van der Waals surface area contributed by atoms with Crippen molar-refractivity contribution in [3.8, 4) is 5.75 Å². The molecule has 2 rings (SSSR count). The number of nitrogens with zero attached hydrogens (tertiary/aromatic N) is 3. The molecule has 0 aliphatic carbocycles. The highest BCUT2D eigenvalue weighted by Crippen LogP contribution is 2.11. The van der Waals surface area contributed by atoms with Crippen LogP contribution in [0.2, 0.25) is 0 Å². The molecule has 8 nitrogen and oxygen atoms in total. The van der Waals surface area contributed by atoms with Gasteiger partial charge in [0.2, 0.25) is 11.9 Å². The lowest BCUT2D eigenvalue weighted by Crippen LogP contribution is -2.11. The second-order valence-electron chi connectivity index (χ2n) is 3.59. The average molecular weight is 261 g/mol. The van der Waals surface area contributed by atoms with E-state index in [1.54, 1.807) is 0 Å². The lowest BCUT2D eigenvalue weighted by Gasteiger charge is -2.05. The standard InChI is InChI=1S/C11H11N5O3/c12-10-14-8(15-11(13)16-10)5-19-9(18)6-1-3-7(17)4-2-6/h1-4,17H,5H2,(H4,12,13,14,15,16). The Hall–Kier alpha value is -2.90. The monoisotopic (exact) mass is 261 g/mol. The average Bonchev–Trinajstić information content (AvgIpc) is 2.36. The summed E-state index contributed by atoms with van der Waals surface area (Å²) in [6.45, 7) is -0.170. The molecule has 0 atom stereocenters. The Morgan fingerprint density at radius 2 is 1.68 bits per heavy atom. The zero-order valence-corrected chi connectivity index (χ0v) is 9.78. The summed E-state index contributed by atoms with van der Waals surface area (Å²) in [4.78, 5) is 22.8. The summed E-state index contributed by atoms with van der Waals surface area (Å²) in [6.07, 6.45) is 0. The number of hydrogen-bond donors (Lipinski definition) is 3. The predicted molar refractivity (Wildman–Crippen MR) is 65.9 cm³/mol. The number of esters is 1. The van der Waals surface area contributed by atoms with Gasteiger partial charge in [-0.2, -0.15) is 15.0 Å². The number of ether oxygens (including phenoxy) is 1. The minimum Gasteiger partial charge on any atom is -0.508 e. The van der Waals surface area contributed by atoms with E-state index in [9.17, 15) is 4.79 Å². The molecule has 0 aliphatic rings. The zero-order chi connectivity index (χ0) is 13.8. The fourth-order valence-corrected chi connectivity index (χ4v) is 1.33. The Morgan fingerprint density at radius 1 is 1.11 bits per heavy atom. The van der Waals surface area contributed by atoms with Gasteiger partial charge in [0, 0.05) is 0 Å². The zero-order valence-electron chi connectivity index (χ0n) is 9.78. The molecule has 1 aromatic heterocycles. The van der Waals surface area contributed by atoms with E-state index in [2.05, 4.69) is 15.0 Å². The third-order valence-electron chi connectivity index (χ3n) is 2.15. The molecule has 5 N–H and O–H groups in total. The first-order valence-corrected chi connectivity index (χ1v) is 5.26. The summed E-state index contributed by atoms with van der Waals surface area (Å²) in [7, 11) is 0. The van der Waals surface area contributed by atoms with Gasteiger partial charge >= 0.3 is 5.97 Å². The first-order chi connectivity index (χ1) is 9.04. The van der Waals surface area contributed by atoms with E-state index in [1.807, 2.05) is 0 Å². The normalized spacial score (nSPS) is 10.1. The van der Waals surface area contributed by atoms with Gasteiger partial charge in [0.1, 0.15) is 5.75 Å². The fourth-order valence-electron chi connectivity index (χ4n) is 1.33. The van der Waals surface area contributed by atoms with Crippen molar-refractivity contribution in [1.82, 2.24) is 15.0 Å². The molecule has 0 saturated heterocycles. The van der Waals surface area contributed by atoms with Crippen LogP contribution in [0.25, 0.3) is 0 Å². The molecule has 0 fully saturated rings. The van der Waals surface area contributed by atoms with Crippen molar-refractivity contribution >= 4 is 17.9 Å². The molecule has 1 heterocycles. The number of aromatic hydroxyl groups is 1. The molecular weight excluding hydrogens is 250 g/mol. The van der Waals surface area contributed by atoms with Crippen molar-refractivity contribution in [3.05, 3.63) is 35.7 Å². The number of phenolic OH excluding ortho intramolecular Hbond substituents is 1. The number of aromatic nitrogens is 3. The van der Waals surface area contributed by atoms with Gasteiger partial charge in [-0.1, -0.05) is 0 Å². The molecule has 0 aliphatic heterocycles. The van der Waals surface area contributed by atoms with Crippen LogP contribution in [0, 0.1) is 0 Å². The van der Waals surface area contributed by atoms with Crippen molar-refractivity contribution < 1.29 is 14.6 Å². The number of carbonyl (C=O) groups is 1. The van der Waals surface area contributed by atoms with Gasteiger partial charge in [0.25, 0.3) is 0 Å². The highest BCUT2D eigenvalue weighted by atomic mass is 16.5. The molecule has 0 bridgehead atoms. The van der Waals surface area contributed by atoms with Gasteiger partial charge < -0.3 is 21.3 Å². The smallest absolute Gasteiger partial charge is 0.338 e. The number of benzene rings is 1. The summed E-state index contributed by atoms with van der Waals surface area (Å²) in [5, 5.41) is 9.10. The lowest BCUT2D eigenvalue weighted by atomic mass is 10.2. The van der Waals surface area contributed by atoms with E-state index in [1.165, 1.54) is 24.3 Å². The van der Waals surface area contributed by atoms with Crippen LogP contribution in [0.5, 0.6) is 5.75 Å². The highest BCUT2D eigenvalue weighted by Gasteiger charge is 2.09. The summed E-state index contributed by atoms with van der Waals surface area (Å²) < 4.78 is 4.98. The van der Waals surface area contributed by atoms with Crippen LogP contribution >= 0.6 is 0 Å².